The quantitative estimate of drug-likeness (QED) is 0.207. The number of carbonyl (C=O) groups is 2. The molecule has 0 N–H and O–H groups in total. The Morgan fingerprint density at radius 3 is 2.00 bits per heavy atom. The Balaban J connectivity index is 2.14. The molecule has 32 heavy (non-hydrogen) atoms. The lowest BCUT2D eigenvalue weighted by Crippen LogP contribution is -2.31. The highest BCUT2D eigenvalue weighted by Gasteiger charge is 2.25. The zero-order valence-electron chi connectivity index (χ0n) is 17.1. The molecular weight excluding hydrogens is 446 g/mol. The van der Waals surface area contributed by atoms with Gasteiger partial charge in [-0.25, -0.2) is 0 Å². The molecule has 0 amide bonds. The minimum atomic E-state index is -0.759. The summed E-state index contributed by atoms with van der Waals surface area (Å²) >= 11 is 0.554. The molecule has 0 unspecified atom stereocenters. The van der Waals surface area contributed by atoms with Crippen LogP contribution in [0.4, 0.5) is 27.1 Å². The highest BCUT2D eigenvalue weighted by Crippen LogP contribution is 2.41. The lowest BCUT2D eigenvalue weighted by molar-refractivity contribution is -0.389. The molecule has 170 valence electrons. The smallest absolute Gasteiger partial charge is 0.333 e. The van der Waals surface area contributed by atoms with Crippen LogP contribution in [0.1, 0.15) is 13.8 Å². The van der Waals surface area contributed by atoms with Crippen molar-refractivity contribution in [2.45, 2.75) is 13.8 Å². The molecule has 0 bridgehead atoms. The second-order valence-corrected chi connectivity index (χ2v) is 7.18. The number of benzene rings is 1. The van der Waals surface area contributed by atoms with E-state index < -0.39 is 32.5 Å². The molecule has 1 aromatic carbocycles. The number of esters is 2. The molecule has 1 aromatic heterocycles. The van der Waals surface area contributed by atoms with Gasteiger partial charge in [-0.2, -0.15) is 0 Å². The summed E-state index contributed by atoms with van der Waals surface area (Å²) in [5, 5.41) is 29.0. The summed E-state index contributed by atoms with van der Waals surface area (Å²) < 4.78 is 9.92. The van der Waals surface area contributed by atoms with Gasteiger partial charge in [0, 0.05) is 19.5 Å². The largest absolute Gasteiger partial charge is 0.464 e. The summed E-state index contributed by atoms with van der Waals surface area (Å²) in [6.07, 6.45) is 0. The first-order chi connectivity index (χ1) is 15.2. The number of ether oxygens (including phenoxy) is 2. The first-order valence-electron chi connectivity index (χ1n) is 9.13. The summed E-state index contributed by atoms with van der Waals surface area (Å²) in [4.78, 5) is 44.2. The van der Waals surface area contributed by atoms with Crippen LogP contribution < -0.4 is 4.90 Å². The fourth-order valence-corrected chi connectivity index (χ4v) is 3.22. The number of nitrogens with zero attached hydrogens (tertiary/aromatic N) is 5. The van der Waals surface area contributed by atoms with Gasteiger partial charge >= 0.3 is 22.6 Å². The molecule has 0 spiro atoms. The molecule has 0 radical (unpaired) electrons. The molecule has 0 saturated heterocycles. The van der Waals surface area contributed by atoms with Crippen molar-refractivity contribution in [2.75, 3.05) is 31.2 Å². The average molecular weight is 465 g/mol. The Hall–Kier alpha value is -3.94. The molecule has 14 heteroatoms. The van der Waals surface area contributed by atoms with Crippen LogP contribution >= 0.6 is 11.3 Å². The zero-order chi connectivity index (χ0) is 23.7. The molecule has 0 atom stereocenters. The normalized spacial score (nSPS) is 10.7. The number of hydrogen-bond acceptors (Lipinski definition) is 12. The first kappa shape index (κ1) is 24.3. The molecule has 0 fully saturated rings. The zero-order valence-corrected chi connectivity index (χ0v) is 17.9. The van der Waals surface area contributed by atoms with Crippen molar-refractivity contribution in [3.8, 4) is 0 Å². The summed E-state index contributed by atoms with van der Waals surface area (Å²) in [7, 11) is 0. The topological polar surface area (TPSA) is 167 Å². The second kappa shape index (κ2) is 11.5. The van der Waals surface area contributed by atoms with E-state index in [2.05, 4.69) is 10.2 Å². The summed E-state index contributed by atoms with van der Waals surface area (Å²) in [5.41, 5.74) is 0.587. The van der Waals surface area contributed by atoms with E-state index in [9.17, 15) is 29.8 Å². The maximum atomic E-state index is 11.1. The number of carbonyl (C=O) groups excluding carboxylic acids is 2. The standard InChI is InChI=1S/C18H19N5O8S/c1-12(24)30-9-7-21(8-10-31-13(2)25)15-5-3-14(4-6-15)19-20-18-16(22(26)27)11-17(32-18)23(28)29/h3-6,11H,7-10H2,1-2H3. The minimum absolute atomic E-state index is 0.137. The maximum absolute atomic E-state index is 11.1. The third-order valence-electron chi connectivity index (χ3n) is 3.86. The van der Waals surface area contributed by atoms with Gasteiger partial charge in [0.1, 0.15) is 19.3 Å². The first-order valence-corrected chi connectivity index (χ1v) is 9.95. The average Bonchev–Trinajstić information content (AvgIpc) is 3.16. The van der Waals surface area contributed by atoms with Gasteiger partial charge in [-0.15, -0.1) is 10.2 Å². The van der Waals surface area contributed by atoms with Gasteiger partial charge in [-0.3, -0.25) is 29.8 Å². The van der Waals surface area contributed by atoms with Crippen molar-refractivity contribution in [3.63, 3.8) is 0 Å². The lowest BCUT2D eigenvalue weighted by Gasteiger charge is -2.24. The van der Waals surface area contributed by atoms with E-state index in [-0.39, 0.29) is 18.2 Å². The Bertz CT molecular complexity index is 1000. The van der Waals surface area contributed by atoms with Crippen molar-refractivity contribution < 1.29 is 28.9 Å². The van der Waals surface area contributed by atoms with Crippen molar-refractivity contribution in [1.29, 1.82) is 0 Å². The summed E-state index contributed by atoms with van der Waals surface area (Å²) in [5.74, 6) is -0.827. The summed E-state index contributed by atoms with van der Waals surface area (Å²) in [6, 6.07) is 7.42. The fourth-order valence-electron chi connectivity index (χ4n) is 2.45. The second-order valence-electron chi connectivity index (χ2n) is 6.17. The predicted octanol–water partition coefficient (Wildman–Crippen LogP) is 3.91. The van der Waals surface area contributed by atoms with Gasteiger partial charge < -0.3 is 14.4 Å². The van der Waals surface area contributed by atoms with Gasteiger partial charge in [0.15, 0.2) is 0 Å². The third kappa shape index (κ3) is 7.39. The molecule has 0 aliphatic heterocycles. The molecule has 13 nitrogen and oxygen atoms in total. The van der Waals surface area contributed by atoms with Crippen molar-refractivity contribution >= 4 is 50.3 Å². The van der Waals surface area contributed by atoms with E-state index in [0.29, 0.717) is 30.1 Å². The van der Waals surface area contributed by atoms with Crippen molar-refractivity contribution in [1.82, 2.24) is 0 Å². The van der Waals surface area contributed by atoms with Crippen LogP contribution in [-0.4, -0.2) is 48.1 Å². The van der Waals surface area contributed by atoms with Crippen LogP contribution in [0.3, 0.4) is 0 Å². The number of nitro groups is 2. The number of azo groups is 1. The number of anilines is 1. The minimum Gasteiger partial charge on any atom is -0.464 e. The SMILES string of the molecule is CC(=O)OCCN(CCOC(C)=O)c1ccc(N=Nc2sc([N+](=O)[O-])cc2[N+](=O)[O-])cc1. The van der Waals surface area contributed by atoms with Crippen LogP contribution in [0.15, 0.2) is 40.6 Å². The molecule has 0 aliphatic carbocycles. The Labute approximate surface area is 185 Å². The molecule has 2 aromatic rings. The molecular formula is C18H19N5O8S. The number of hydrogen-bond donors (Lipinski definition) is 0. The van der Waals surface area contributed by atoms with Gasteiger partial charge in [-0.1, -0.05) is 0 Å². The Morgan fingerprint density at radius 1 is 0.969 bits per heavy atom. The highest BCUT2D eigenvalue weighted by molar-refractivity contribution is 7.19. The van der Waals surface area contributed by atoms with Crippen LogP contribution in [0.5, 0.6) is 0 Å². The van der Waals surface area contributed by atoms with E-state index in [1.165, 1.54) is 13.8 Å². The van der Waals surface area contributed by atoms with Crippen LogP contribution in [0.2, 0.25) is 0 Å². The number of thiophene rings is 1. The lowest BCUT2D eigenvalue weighted by atomic mass is 10.2. The summed E-state index contributed by atoms with van der Waals surface area (Å²) in [6.45, 7) is 3.58. The van der Waals surface area contributed by atoms with E-state index in [0.717, 1.165) is 11.8 Å². The van der Waals surface area contributed by atoms with E-state index >= 15 is 0 Å². The van der Waals surface area contributed by atoms with E-state index in [4.69, 9.17) is 9.47 Å². The number of rotatable bonds is 11. The Kier molecular flexibility index (Phi) is 8.71. The predicted molar refractivity (Wildman–Crippen MR) is 114 cm³/mol. The van der Waals surface area contributed by atoms with Crippen LogP contribution in [0, 0.1) is 20.2 Å². The maximum Gasteiger partial charge on any atom is 0.333 e. The van der Waals surface area contributed by atoms with Crippen molar-refractivity contribution in [3.05, 3.63) is 50.6 Å². The van der Waals surface area contributed by atoms with Crippen LogP contribution in [0.25, 0.3) is 0 Å². The third-order valence-corrected chi connectivity index (χ3v) is 4.82. The van der Waals surface area contributed by atoms with Gasteiger partial charge in [0.25, 0.3) is 0 Å². The fraction of sp³-hybridized carbons (Fsp3) is 0.333. The van der Waals surface area contributed by atoms with Crippen LogP contribution in [-0.2, 0) is 19.1 Å². The van der Waals surface area contributed by atoms with Gasteiger partial charge in [-0.05, 0) is 35.6 Å². The van der Waals surface area contributed by atoms with E-state index in [1.54, 1.807) is 24.3 Å². The molecule has 1 heterocycles. The molecule has 0 saturated carbocycles. The molecule has 2 rings (SSSR count). The van der Waals surface area contributed by atoms with Crippen molar-refractivity contribution in [2.24, 2.45) is 10.2 Å². The monoisotopic (exact) mass is 465 g/mol. The highest BCUT2D eigenvalue weighted by atomic mass is 32.1. The van der Waals surface area contributed by atoms with Gasteiger partial charge in [0.05, 0.1) is 28.6 Å². The Morgan fingerprint density at radius 2 is 1.53 bits per heavy atom. The van der Waals surface area contributed by atoms with E-state index in [1.807, 2.05) is 4.90 Å². The molecule has 0 aliphatic rings. The van der Waals surface area contributed by atoms with Gasteiger partial charge in [0.2, 0.25) is 5.00 Å².